The fraction of sp³-hybridized carbons (Fsp3) is 0.143. The van der Waals surface area contributed by atoms with Gasteiger partial charge in [0.15, 0.2) is 0 Å². The third-order valence-corrected chi connectivity index (χ3v) is 2.09. The highest BCUT2D eigenvalue weighted by Gasteiger charge is 1.86. The molecule has 14 heavy (non-hydrogen) atoms. The molecule has 1 aliphatic rings. The lowest BCUT2D eigenvalue weighted by Gasteiger charge is -1.95. The van der Waals surface area contributed by atoms with Crippen LogP contribution in [0, 0.1) is 0 Å². The van der Waals surface area contributed by atoms with E-state index in [0.29, 0.717) is 0 Å². The summed E-state index contributed by atoms with van der Waals surface area (Å²) in [5, 5.41) is 0. The monoisotopic (exact) mass is 184 g/mol. The molecule has 0 spiro atoms. The number of hydrogen-bond acceptors (Lipinski definition) is 0. The summed E-state index contributed by atoms with van der Waals surface area (Å²) >= 11 is 0. The van der Waals surface area contributed by atoms with E-state index in [2.05, 4.69) is 38.2 Å². The Labute approximate surface area is 86.3 Å². The van der Waals surface area contributed by atoms with Gasteiger partial charge in [-0.05, 0) is 25.0 Å². The first-order chi connectivity index (χ1) is 6.80. The fourth-order valence-electron chi connectivity index (χ4n) is 1.05. The van der Waals surface area contributed by atoms with Crippen molar-refractivity contribution in [3.05, 3.63) is 71.9 Å². The van der Waals surface area contributed by atoms with Gasteiger partial charge in [0.2, 0.25) is 0 Å². The van der Waals surface area contributed by atoms with Crippen molar-refractivity contribution in [3.63, 3.8) is 0 Å². The topological polar surface area (TPSA) is 0 Å². The maximum atomic E-state index is 2.12. The van der Waals surface area contributed by atoms with Gasteiger partial charge in [0.1, 0.15) is 0 Å². The third-order valence-electron chi connectivity index (χ3n) is 2.09. The van der Waals surface area contributed by atoms with Gasteiger partial charge in [-0.3, -0.25) is 0 Å². The van der Waals surface area contributed by atoms with Crippen molar-refractivity contribution in [2.24, 2.45) is 0 Å². The highest BCUT2D eigenvalue weighted by molar-refractivity contribution is 5.34. The molecule has 1 aliphatic carbocycles. The summed E-state index contributed by atoms with van der Waals surface area (Å²) in [5.74, 6) is 0. The minimum Gasteiger partial charge on any atom is -0.0623 e. The van der Waals surface area contributed by atoms with Crippen LogP contribution in [0.1, 0.15) is 13.8 Å². The van der Waals surface area contributed by atoms with Crippen molar-refractivity contribution in [1.29, 1.82) is 0 Å². The van der Waals surface area contributed by atoms with Crippen molar-refractivity contribution < 1.29 is 0 Å². The maximum absolute atomic E-state index is 2.12. The van der Waals surface area contributed by atoms with E-state index in [1.165, 1.54) is 11.1 Å². The molecule has 0 atom stereocenters. The van der Waals surface area contributed by atoms with Crippen molar-refractivity contribution >= 4 is 0 Å². The summed E-state index contributed by atoms with van der Waals surface area (Å²) in [6.07, 6.45) is 20.5. The largest absolute Gasteiger partial charge is 0.0623 e. The van der Waals surface area contributed by atoms with Crippen LogP contribution in [0.2, 0.25) is 0 Å². The molecular formula is C14H16. The lowest BCUT2D eigenvalue weighted by atomic mass is 10.1. The van der Waals surface area contributed by atoms with Gasteiger partial charge >= 0.3 is 0 Å². The number of allylic oxidation sites excluding steroid dienone is 12. The minimum atomic E-state index is 1.30. The van der Waals surface area contributed by atoms with Crippen LogP contribution in [0.4, 0.5) is 0 Å². The molecule has 0 heterocycles. The Bertz CT molecular complexity index is 310. The molecule has 0 aromatic heterocycles. The molecular weight excluding hydrogens is 168 g/mol. The van der Waals surface area contributed by atoms with E-state index in [0.717, 1.165) is 0 Å². The van der Waals surface area contributed by atoms with Gasteiger partial charge in [0.05, 0.1) is 0 Å². The van der Waals surface area contributed by atoms with Gasteiger partial charge in [-0.2, -0.15) is 0 Å². The quantitative estimate of drug-likeness (QED) is 0.531. The molecule has 0 radical (unpaired) electrons. The molecule has 0 nitrogen and oxygen atoms in total. The Hall–Kier alpha value is -1.56. The first-order valence-electron chi connectivity index (χ1n) is 4.83. The van der Waals surface area contributed by atoms with Gasteiger partial charge in [0.25, 0.3) is 0 Å². The van der Waals surface area contributed by atoms with Crippen molar-refractivity contribution in [2.75, 3.05) is 0 Å². The zero-order valence-electron chi connectivity index (χ0n) is 8.77. The van der Waals surface area contributed by atoms with Gasteiger partial charge in [-0.25, -0.2) is 0 Å². The molecule has 0 aliphatic heterocycles. The van der Waals surface area contributed by atoms with Crippen LogP contribution in [-0.2, 0) is 0 Å². The summed E-state index contributed by atoms with van der Waals surface area (Å²) < 4.78 is 0. The predicted molar refractivity (Wildman–Crippen MR) is 64.1 cm³/mol. The molecule has 72 valence electrons. The molecule has 0 amide bonds. The summed E-state index contributed by atoms with van der Waals surface area (Å²) in [6, 6.07) is 0. The normalized spacial score (nSPS) is 33.6. The SMILES string of the molecule is CC1=C(C)\C=C/C=C/C=C\C=C/C=C\1. The van der Waals surface area contributed by atoms with E-state index < -0.39 is 0 Å². The van der Waals surface area contributed by atoms with Crippen LogP contribution < -0.4 is 0 Å². The number of hydrogen-bond donors (Lipinski definition) is 0. The smallest absolute Gasteiger partial charge is 0.0395 e. The molecule has 1 rings (SSSR count). The highest BCUT2D eigenvalue weighted by Crippen LogP contribution is 2.06. The van der Waals surface area contributed by atoms with Crippen LogP contribution in [0.15, 0.2) is 71.9 Å². The Kier molecular flexibility index (Phi) is 4.49. The first-order valence-corrected chi connectivity index (χ1v) is 4.83. The third kappa shape index (κ3) is 3.90. The van der Waals surface area contributed by atoms with Gasteiger partial charge < -0.3 is 0 Å². The Balaban J connectivity index is 2.92. The second-order valence-corrected chi connectivity index (χ2v) is 3.24. The maximum Gasteiger partial charge on any atom is -0.0395 e. The molecule has 0 aromatic carbocycles. The van der Waals surface area contributed by atoms with Crippen LogP contribution in [0.3, 0.4) is 0 Å². The van der Waals surface area contributed by atoms with Gasteiger partial charge in [-0.15, -0.1) is 0 Å². The average Bonchev–Trinajstić information content (AvgIpc) is 2.18. The summed E-state index contributed by atoms with van der Waals surface area (Å²) in [7, 11) is 0. The molecule has 0 aromatic rings. The van der Waals surface area contributed by atoms with E-state index >= 15 is 0 Å². The summed E-state index contributed by atoms with van der Waals surface area (Å²) in [6.45, 7) is 4.24. The zero-order valence-corrected chi connectivity index (χ0v) is 8.77. The Morgan fingerprint density at radius 2 is 0.786 bits per heavy atom. The van der Waals surface area contributed by atoms with Gasteiger partial charge in [-0.1, -0.05) is 60.8 Å². The molecule has 0 bridgehead atoms. The molecule has 0 saturated carbocycles. The summed E-state index contributed by atoms with van der Waals surface area (Å²) in [4.78, 5) is 0. The first kappa shape index (κ1) is 10.5. The molecule has 0 fully saturated rings. The fourth-order valence-corrected chi connectivity index (χ4v) is 1.05. The van der Waals surface area contributed by atoms with Crippen molar-refractivity contribution in [2.45, 2.75) is 13.8 Å². The number of rotatable bonds is 0. The van der Waals surface area contributed by atoms with Crippen molar-refractivity contribution in [1.82, 2.24) is 0 Å². The molecule has 0 unspecified atom stereocenters. The van der Waals surface area contributed by atoms with Crippen LogP contribution in [-0.4, -0.2) is 0 Å². The van der Waals surface area contributed by atoms with Crippen LogP contribution >= 0.6 is 0 Å². The second-order valence-electron chi connectivity index (χ2n) is 3.24. The lowest BCUT2D eigenvalue weighted by Crippen LogP contribution is -1.75. The van der Waals surface area contributed by atoms with Crippen LogP contribution in [0.25, 0.3) is 0 Å². The molecule has 0 saturated heterocycles. The minimum absolute atomic E-state index is 1.30. The van der Waals surface area contributed by atoms with E-state index in [4.69, 9.17) is 0 Å². The van der Waals surface area contributed by atoms with Crippen molar-refractivity contribution in [3.8, 4) is 0 Å². The Morgan fingerprint density at radius 1 is 0.500 bits per heavy atom. The van der Waals surface area contributed by atoms with E-state index in [-0.39, 0.29) is 0 Å². The van der Waals surface area contributed by atoms with Gasteiger partial charge in [0, 0.05) is 0 Å². The highest BCUT2D eigenvalue weighted by atomic mass is 13.9. The van der Waals surface area contributed by atoms with Crippen LogP contribution in [0.5, 0.6) is 0 Å². The lowest BCUT2D eigenvalue weighted by molar-refractivity contribution is 1.37. The Morgan fingerprint density at radius 3 is 1.14 bits per heavy atom. The summed E-state index contributed by atoms with van der Waals surface area (Å²) in [5.41, 5.74) is 2.59. The van der Waals surface area contributed by atoms with E-state index in [1.54, 1.807) is 0 Å². The average molecular weight is 184 g/mol. The standard InChI is InChI=1S/C14H16/c1-13-11-9-7-5-3-4-6-8-10-12-14(13)2/h3-12H,1-2H3/b4-3-,5-3?,6-4?,7-5-,8-6+,9-7?,10-8?,11-9-,12-10-,13-11?,14-12?,14-13+. The predicted octanol–water partition coefficient (Wildman–Crippen LogP) is 4.12. The van der Waals surface area contributed by atoms with E-state index in [9.17, 15) is 0 Å². The van der Waals surface area contributed by atoms with E-state index in [1.807, 2.05) is 36.5 Å². The molecule has 0 heteroatoms. The zero-order chi connectivity index (χ0) is 10.2. The molecule has 0 N–H and O–H groups in total. The second kappa shape index (κ2) is 5.98.